The van der Waals surface area contributed by atoms with Gasteiger partial charge in [-0.2, -0.15) is 0 Å². The molecule has 0 aliphatic heterocycles. The molecule has 0 saturated carbocycles. The summed E-state index contributed by atoms with van der Waals surface area (Å²) in [5.74, 6) is -1.01. The Morgan fingerprint density at radius 1 is 1.28 bits per heavy atom. The van der Waals surface area contributed by atoms with Crippen LogP contribution in [0.5, 0.6) is 0 Å². The minimum absolute atomic E-state index is 0. The molecule has 0 radical (unpaired) electrons. The number of carboxylic acids is 1. The van der Waals surface area contributed by atoms with E-state index in [4.69, 9.17) is 16.7 Å². The molecule has 1 amide bonds. The Morgan fingerprint density at radius 2 is 2.08 bits per heavy atom. The molecule has 0 bridgehead atoms. The van der Waals surface area contributed by atoms with E-state index in [9.17, 15) is 9.59 Å². The molecule has 25 heavy (non-hydrogen) atoms. The summed E-state index contributed by atoms with van der Waals surface area (Å²) in [5, 5.41) is 11.5. The zero-order chi connectivity index (χ0) is 17.1. The smallest absolute Gasteiger partial charge is 1.00 e. The normalized spacial score (nSPS) is 10.3. The molecule has 2 N–H and O–H groups in total. The first kappa shape index (κ1) is 20.0. The van der Waals surface area contributed by atoms with Crippen LogP contribution in [0, 0.1) is 0 Å². The van der Waals surface area contributed by atoms with Gasteiger partial charge in [-0.3, -0.25) is 14.2 Å². The van der Waals surface area contributed by atoms with Gasteiger partial charge in [0.25, 0.3) is 0 Å². The van der Waals surface area contributed by atoms with E-state index in [0.29, 0.717) is 22.0 Å². The van der Waals surface area contributed by atoms with E-state index in [1.54, 1.807) is 41.1 Å². The maximum absolute atomic E-state index is 12.0. The van der Waals surface area contributed by atoms with Crippen molar-refractivity contribution in [3.05, 3.63) is 47.6 Å². The minimum Gasteiger partial charge on any atom is -1.00 e. The average Bonchev–Trinajstić information content (AvgIpc) is 2.92. The fourth-order valence-corrected chi connectivity index (χ4v) is 2.52. The summed E-state index contributed by atoms with van der Waals surface area (Å²) in [6, 6.07) is 10.7. The van der Waals surface area contributed by atoms with E-state index in [1.807, 2.05) is 6.07 Å². The number of hydrogen-bond donors (Lipinski definition) is 2. The third-order valence-corrected chi connectivity index (χ3v) is 3.56. The van der Waals surface area contributed by atoms with Gasteiger partial charge in [-0.25, -0.2) is 9.97 Å². The van der Waals surface area contributed by atoms with Gasteiger partial charge in [0, 0.05) is 16.8 Å². The van der Waals surface area contributed by atoms with Crippen LogP contribution in [0.3, 0.4) is 0 Å². The van der Waals surface area contributed by atoms with Gasteiger partial charge < -0.3 is 11.8 Å². The topological polar surface area (TPSA) is 97.1 Å². The van der Waals surface area contributed by atoms with Gasteiger partial charge in [0.2, 0.25) is 5.91 Å². The van der Waals surface area contributed by atoms with Crippen LogP contribution in [-0.4, -0.2) is 38.1 Å². The molecule has 0 aliphatic carbocycles. The van der Waals surface area contributed by atoms with E-state index in [0.717, 1.165) is 5.56 Å². The number of carbonyl (C=O) groups excluding carboxylic acids is 1. The summed E-state index contributed by atoms with van der Waals surface area (Å²) in [6.45, 7) is -0.534. The molecule has 0 atom stereocenters. The van der Waals surface area contributed by atoms with Crippen LogP contribution in [0.1, 0.15) is 1.43 Å². The van der Waals surface area contributed by atoms with E-state index < -0.39 is 18.4 Å². The van der Waals surface area contributed by atoms with Crippen LogP contribution < -0.4 is 56.7 Å². The molecule has 3 rings (SSSR count). The number of aliphatic carboxylic acids is 1. The number of amides is 1. The van der Waals surface area contributed by atoms with Crippen molar-refractivity contribution in [1.82, 2.24) is 19.9 Å². The first-order valence-electron chi connectivity index (χ1n) is 7.10. The van der Waals surface area contributed by atoms with Gasteiger partial charge in [-0.1, -0.05) is 23.7 Å². The molecule has 2 heterocycles. The number of imidazole rings is 1. The Morgan fingerprint density at radius 3 is 2.80 bits per heavy atom. The zero-order valence-corrected chi connectivity index (χ0v) is 17.3. The molecule has 0 unspecified atom stereocenters. The van der Waals surface area contributed by atoms with Gasteiger partial charge in [-0.05, 0) is 24.3 Å². The molecule has 7 nitrogen and oxygen atoms in total. The molecular formula is C16H14ClKN4O3. The standard InChI is InChI=1S/C16H13ClN4O3.K.H/c17-11-4-1-3-10(7-11)15-20-12-5-2-6-18-16(12)21(15)9-13(22)19-8-14(23)24;;/h1-7H,8-9H2,(H,19,22)(H,23,24);;/q;+1;-1. The summed E-state index contributed by atoms with van der Waals surface area (Å²) in [4.78, 5) is 31.4. The van der Waals surface area contributed by atoms with Crippen LogP contribution in [-0.2, 0) is 16.1 Å². The van der Waals surface area contributed by atoms with Crippen molar-refractivity contribution >= 4 is 34.6 Å². The van der Waals surface area contributed by atoms with Crippen LogP contribution in [0.4, 0.5) is 0 Å². The predicted octanol–water partition coefficient (Wildman–Crippen LogP) is -0.931. The maximum atomic E-state index is 12.0. The van der Waals surface area contributed by atoms with Gasteiger partial charge in [0.05, 0.1) is 0 Å². The Balaban J connectivity index is 0.00000169. The molecule has 0 saturated heterocycles. The number of benzene rings is 1. The summed E-state index contributed by atoms with van der Waals surface area (Å²) in [6.07, 6.45) is 1.61. The fraction of sp³-hybridized carbons (Fsp3) is 0.125. The second kappa shape index (κ2) is 8.88. The van der Waals surface area contributed by atoms with Crippen LogP contribution >= 0.6 is 11.6 Å². The number of halogens is 1. The van der Waals surface area contributed by atoms with Crippen molar-refractivity contribution in [2.75, 3.05) is 6.54 Å². The molecule has 3 aromatic rings. The van der Waals surface area contributed by atoms with Crippen molar-refractivity contribution in [2.45, 2.75) is 6.54 Å². The second-order valence-corrected chi connectivity index (χ2v) is 5.48. The van der Waals surface area contributed by atoms with E-state index in [1.165, 1.54) is 0 Å². The summed E-state index contributed by atoms with van der Waals surface area (Å²) < 4.78 is 1.64. The molecule has 0 fully saturated rings. The van der Waals surface area contributed by atoms with Crippen molar-refractivity contribution in [3.63, 3.8) is 0 Å². The number of carbonyl (C=O) groups is 2. The number of pyridine rings is 1. The van der Waals surface area contributed by atoms with Crippen molar-refractivity contribution in [1.29, 1.82) is 0 Å². The van der Waals surface area contributed by atoms with Crippen molar-refractivity contribution in [2.24, 2.45) is 0 Å². The second-order valence-electron chi connectivity index (χ2n) is 5.05. The SMILES string of the molecule is O=C(O)CNC(=O)Cn1c(-c2cccc(Cl)c2)nc2cccnc21.[H-].[K+]. The number of aromatic nitrogens is 3. The molecular weight excluding hydrogens is 371 g/mol. The third kappa shape index (κ3) is 4.87. The number of fused-ring (bicyclic) bond motifs is 1. The Labute approximate surface area is 192 Å². The molecule has 2 aromatic heterocycles. The molecule has 124 valence electrons. The van der Waals surface area contributed by atoms with Crippen LogP contribution in [0.2, 0.25) is 5.02 Å². The maximum Gasteiger partial charge on any atom is 1.00 e. The van der Waals surface area contributed by atoms with E-state index >= 15 is 0 Å². The van der Waals surface area contributed by atoms with Crippen molar-refractivity contribution in [3.8, 4) is 11.4 Å². The van der Waals surface area contributed by atoms with Crippen molar-refractivity contribution < 1.29 is 67.5 Å². The van der Waals surface area contributed by atoms with E-state index in [-0.39, 0.29) is 59.4 Å². The summed E-state index contributed by atoms with van der Waals surface area (Å²) in [5.41, 5.74) is 1.92. The number of nitrogens with zero attached hydrogens (tertiary/aromatic N) is 3. The number of carboxylic acid groups (broad SMARTS) is 1. The first-order chi connectivity index (χ1) is 11.5. The Hall–Kier alpha value is -1.29. The monoisotopic (exact) mass is 384 g/mol. The zero-order valence-electron chi connectivity index (χ0n) is 14.4. The summed E-state index contributed by atoms with van der Waals surface area (Å²) in [7, 11) is 0. The number of nitrogens with one attached hydrogen (secondary N) is 1. The van der Waals surface area contributed by atoms with Gasteiger partial charge in [0.15, 0.2) is 5.65 Å². The Kier molecular flexibility index (Phi) is 7.11. The van der Waals surface area contributed by atoms with Gasteiger partial charge in [-0.15, -0.1) is 0 Å². The van der Waals surface area contributed by atoms with Gasteiger partial charge in [0.1, 0.15) is 24.4 Å². The number of rotatable bonds is 5. The molecule has 0 spiro atoms. The Bertz CT molecular complexity index is 935. The molecule has 0 aliphatic rings. The average molecular weight is 385 g/mol. The fourth-order valence-electron chi connectivity index (χ4n) is 2.33. The van der Waals surface area contributed by atoms with Gasteiger partial charge >= 0.3 is 57.4 Å². The van der Waals surface area contributed by atoms with Crippen LogP contribution in [0.15, 0.2) is 42.6 Å². The largest absolute Gasteiger partial charge is 1.00 e. The minimum atomic E-state index is -1.10. The molecule has 9 heteroatoms. The predicted molar refractivity (Wildman–Crippen MR) is 89.7 cm³/mol. The third-order valence-electron chi connectivity index (χ3n) is 3.33. The quantitative estimate of drug-likeness (QED) is 0.554. The first-order valence-corrected chi connectivity index (χ1v) is 7.48. The molecule has 1 aromatic carbocycles. The van der Waals surface area contributed by atoms with E-state index in [2.05, 4.69) is 15.3 Å². The number of hydrogen-bond acceptors (Lipinski definition) is 4. The van der Waals surface area contributed by atoms with Crippen LogP contribution in [0.25, 0.3) is 22.6 Å². The summed E-state index contributed by atoms with van der Waals surface area (Å²) >= 11 is 6.04.